The van der Waals surface area contributed by atoms with Crippen molar-refractivity contribution >= 4 is 11.0 Å². The highest BCUT2D eigenvalue weighted by molar-refractivity contribution is 5.79. The van der Waals surface area contributed by atoms with Crippen LogP contribution in [0.3, 0.4) is 0 Å². The summed E-state index contributed by atoms with van der Waals surface area (Å²) in [4.78, 5) is 0. The first-order valence-electron chi connectivity index (χ1n) is 7.68. The van der Waals surface area contributed by atoms with Crippen molar-refractivity contribution in [2.45, 2.75) is 46.1 Å². The van der Waals surface area contributed by atoms with Gasteiger partial charge in [0.2, 0.25) is 0 Å². The Hall–Kier alpha value is -1.48. The second kappa shape index (κ2) is 7.34. The van der Waals surface area contributed by atoms with Gasteiger partial charge in [0.1, 0.15) is 17.1 Å². The van der Waals surface area contributed by atoms with Gasteiger partial charge in [-0.15, -0.1) is 0 Å². The van der Waals surface area contributed by atoms with Crippen molar-refractivity contribution in [2.75, 3.05) is 13.2 Å². The predicted molar refractivity (Wildman–Crippen MR) is 83.3 cm³/mol. The molecule has 110 valence electrons. The summed E-state index contributed by atoms with van der Waals surface area (Å²) < 4.78 is 11.6. The lowest BCUT2D eigenvalue weighted by Crippen LogP contribution is -2.20. The predicted octanol–water partition coefficient (Wildman–Crippen LogP) is 4.67. The van der Waals surface area contributed by atoms with Crippen molar-refractivity contribution < 1.29 is 9.15 Å². The van der Waals surface area contributed by atoms with E-state index in [0.29, 0.717) is 6.04 Å². The minimum atomic E-state index is 0.294. The van der Waals surface area contributed by atoms with E-state index in [-0.39, 0.29) is 0 Å². The van der Waals surface area contributed by atoms with Gasteiger partial charge in [-0.1, -0.05) is 20.8 Å². The number of ether oxygens (including phenoxy) is 1. The van der Waals surface area contributed by atoms with Crippen molar-refractivity contribution in [1.29, 1.82) is 0 Å². The molecule has 0 bridgehead atoms. The molecule has 0 radical (unpaired) electrons. The Kier molecular flexibility index (Phi) is 5.48. The molecule has 2 rings (SSSR count). The molecule has 3 heteroatoms. The normalized spacial score (nSPS) is 12.8. The molecule has 1 atom stereocenters. The summed E-state index contributed by atoms with van der Waals surface area (Å²) in [5, 5.41) is 4.64. The SMILES string of the molecule is CCCNC(CC)c1cc2cc(OCCC)ccc2o1. The highest BCUT2D eigenvalue weighted by Crippen LogP contribution is 2.28. The van der Waals surface area contributed by atoms with E-state index in [0.717, 1.165) is 54.9 Å². The van der Waals surface area contributed by atoms with E-state index in [1.165, 1.54) is 0 Å². The standard InChI is InChI=1S/C17H25NO2/c1-4-9-18-15(6-3)17-12-13-11-14(19-10-5-2)7-8-16(13)20-17/h7-8,11-12,15,18H,4-6,9-10H2,1-3H3. The summed E-state index contributed by atoms with van der Waals surface area (Å²) in [6, 6.07) is 8.46. The van der Waals surface area contributed by atoms with Crippen LogP contribution >= 0.6 is 0 Å². The van der Waals surface area contributed by atoms with E-state index in [1.54, 1.807) is 0 Å². The van der Waals surface area contributed by atoms with Gasteiger partial charge >= 0.3 is 0 Å². The van der Waals surface area contributed by atoms with Crippen LogP contribution in [0.15, 0.2) is 28.7 Å². The lowest BCUT2D eigenvalue weighted by atomic mass is 10.1. The number of hydrogen-bond acceptors (Lipinski definition) is 3. The van der Waals surface area contributed by atoms with E-state index in [2.05, 4.69) is 38.2 Å². The molecule has 0 saturated heterocycles. The molecular weight excluding hydrogens is 250 g/mol. The van der Waals surface area contributed by atoms with Gasteiger partial charge in [-0.05, 0) is 50.1 Å². The number of fused-ring (bicyclic) bond motifs is 1. The molecule has 1 unspecified atom stereocenters. The highest BCUT2D eigenvalue weighted by Gasteiger charge is 2.14. The van der Waals surface area contributed by atoms with Crippen LogP contribution in [0.1, 0.15) is 51.8 Å². The van der Waals surface area contributed by atoms with Crippen molar-refractivity contribution in [3.63, 3.8) is 0 Å². The first-order chi connectivity index (χ1) is 9.78. The molecule has 2 aromatic rings. The third-order valence-corrected chi connectivity index (χ3v) is 3.37. The molecule has 20 heavy (non-hydrogen) atoms. The summed E-state index contributed by atoms with van der Waals surface area (Å²) >= 11 is 0. The highest BCUT2D eigenvalue weighted by atomic mass is 16.5. The van der Waals surface area contributed by atoms with Gasteiger partial charge in [0.15, 0.2) is 0 Å². The van der Waals surface area contributed by atoms with Crippen molar-refractivity contribution in [1.82, 2.24) is 5.32 Å². The minimum absolute atomic E-state index is 0.294. The summed E-state index contributed by atoms with van der Waals surface area (Å²) in [6.45, 7) is 8.23. The number of hydrogen-bond donors (Lipinski definition) is 1. The van der Waals surface area contributed by atoms with Gasteiger partial charge in [-0.3, -0.25) is 0 Å². The summed E-state index contributed by atoms with van der Waals surface area (Å²) in [6.07, 6.45) is 3.18. The van der Waals surface area contributed by atoms with E-state index in [1.807, 2.05) is 12.1 Å². The van der Waals surface area contributed by atoms with Crippen LogP contribution in [0.25, 0.3) is 11.0 Å². The van der Waals surface area contributed by atoms with E-state index < -0.39 is 0 Å². The molecule has 3 nitrogen and oxygen atoms in total. The molecular formula is C17H25NO2. The molecule has 0 amide bonds. The van der Waals surface area contributed by atoms with E-state index in [9.17, 15) is 0 Å². The molecule has 0 saturated carbocycles. The Morgan fingerprint density at radius 3 is 2.70 bits per heavy atom. The maximum atomic E-state index is 5.96. The number of furan rings is 1. The molecule has 1 heterocycles. The second-order valence-corrected chi connectivity index (χ2v) is 5.11. The Bertz CT molecular complexity index is 533. The quantitative estimate of drug-likeness (QED) is 0.760. The lowest BCUT2D eigenvalue weighted by molar-refractivity contribution is 0.318. The fraction of sp³-hybridized carbons (Fsp3) is 0.529. The average molecular weight is 275 g/mol. The molecule has 1 N–H and O–H groups in total. The van der Waals surface area contributed by atoms with Gasteiger partial charge in [0.25, 0.3) is 0 Å². The van der Waals surface area contributed by atoms with Crippen LogP contribution in [-0.2, 0) is 0 Å². The van der Waals surface area contributed by atoms with Crippen molar-refractivity contribution in [2.24, 2.45) is 0 Å². The first kappa shape index (κ1) is 14.9. The minimum Gasteiger partial charge on any atom is -0.494 e. The van der Waals surface area contributed by atoms with Crippen LogP contribution in [0.4, 0.5) is 0 Å². The molecule has 0 aliphatic heterocycles. The fourth-order valence-corrected chi connectivity index (χ4v) is 2.29. The van der Waals surface area contributed by atoms with Crippen molar-refractivity contribution in [3.05, 3.63) is 30.0 Å². The Labute approximate surface area is 121 Å². The van der Waals surface area contributed by atoms with Crippen LogP contribution in [-0.4, -0.2) is 13.2 Å². The molecule has 1 aromatic carbocycles. The number of rotatable bonds is 8. The van der Waals surface area contributed by atoms with Gasteiger partial charge in [-0.2, -0.15) is 0 Å². The third-order valence-electron chi connectivity index (χ3n) is 3.37. The van der Waals surface area contributed by atoms with Gasteiger partial charge in [0, 0.05) is 5.39 Å². The summed E-state index contributed by atoms with van der Waals surface area (Å²) in [7, 11) is 0. The largest absolute Gasteiger partial charge is 0.494 e. The number of nitrogens with one attached hydrogen (secondary N) is 1. The molecule has 0 spiro atoms. The Balaban J connectivity index is 2.18. The van der Waals surface area contributed by atoms with Crippen LogP contribution in [0.5, 0.6) is 5.75 Å². The third kappa shape index (κ3) is 3.54. The van der Waals surface area contributed by atoms with E-state index >= 15 is 0 Å². The molecule has 0 fully saturated rings. The first-order valence-corrected chi connectivity index (χ1v) is 7.68. The van der Waals surface area contributed by atoms with Gasteiger partial charge < -0.3 is 14.5 Å². The van der Waals surface area contributed by atoms with Crippen molar-refractivity contribution in [3.8, 4) is 5.75 Å². The average Bonchev–Trinajstić information content (AvgIpc) is 2.88. The Morgan fingerprint density at radius 1 is 1.15 bits per heavy atom. The monoisotopic (exact) mass is 275 g/mol. The molecule has 0 aliphatic rings. The lowest BCUT2D eigenvalue weighted by Gasteiger charge is -2.13. The topological polar surface area (TPSA) is 34.4 Å². The van der Waals surface area contributed by atoms with Crippen LogP contribution in [0.2, 0.25) is 0 Å². The van der Waals surface area contributed by atoms with Gasteiger partial charge in [0.05, 0.1) is 12.6 Å². The van der Waals surface area contributed by atoms with Crippen LogP contribution in [0, 0.1) is 0 Å². The molecule has 1 aromatic heterocycles. The van der Waals surface area contributed by atoms with E-state index in [4.69, 9.17) is 9.15 Å². The zero-order chi connectivity index (χ0) is 14.4. The Morgan fingerprint density at radius 2 is 2.00 bits per heavy atom. The second-order valence-electron chi connectivity index (χ2n) is 5.11. The smallest absolute Gasteiger partial charge is 0.134 e. The number of benzene rings is 1. The van der Waals surface area contributed by atoms with Gasteiger partial charge in [-0.25, -0.2) is 0 Å². The maximum Gasteiger partial charge on any atom is 0.134 e. The fourth-order valence-electron chi connectivity index (χ4n) is 2.29. The van der Waals surface area contributed by atoms with Crippen LogP contribution < -0.4 is 10.1 Å². The summed E-state index contributed by atoms with van der Waals surface area (Å²) in [5.74, 6) is 1.94. The summed E-state index contributed by atoms with van der Waals surface area (Å²) in [5.41, 5.74) is 0.931. The zero-order valence-corrected chi connectivity index (χ0v) is 12.7. The zero-order valence-electron chi connectivity index (χ0n) is 12.7. The molecule has 0 aliphatic carbocycles. The maximum absolute atomic E-state index is 5.96.